The van der Waals surface area contributed by atoms with E-state index in [2.05, 4.69) is 5.32 Å². The van der Waals surface area contributed by atoms with Crippen molar-refractivity contribution < 1.29 is 27.2 Å². The van der Waals surface area contributed by atoms with Crippen molar-refractivity contribution in [2.24, 2.45) is 5.92 Å². The normalized spacial score (nSPS) is 19.5. The van der Waals surface area contributed by atoms with Gasteiger partial charge < -0.3 is 5.32 Å². The predicted molar refractivity (Wildman–Crippen MR) is 116 cm³/mol. The largest absolute Gasteiger partial charge is 0.389 e. The summed E-state index contributed by atoms with van der Waals surface area (Å²) >= 11 is 24.3. The number of Topliss-reactive ketones (excluding diaryl/α,β-unsaturated/α-hetero) is 1. The highest BCUT2D eigenvalue weighted by molar-refractivity contribution is 6.53. The molecular formula is C21H15Cl4F4NO2. The van der Waals surface area contributed by atoms with Gasteiger partial charge in [-0.15, -0.1) is 23.2 Å². The van der Waals surface area contributed by atoms with Crippen LogP contribution in [-0.2, 0) is 4.79 Å². The Morgan fingerprint density at radius 2 is 1.72 bits per heavy atom. The van der Waals surface area contributed by atoms with E-state index in [1.807, 2.05) is 0 Å². The molecule has 0 radical (unpaired) electrons. The molecule has 11 heteroatoms. The first kappa shape index (κ1) is 25.1. The summed E-state index contributed by atoms with van der Waals surface area (Å²) in [5.41, 5.74) is 0.677. The molecule has 3 rings (SSSR count). The molecule has 0 spiro atoms. The zero-order valence-electron chi connectivity index (χ0n) is 16.1. The Morgan fingerprint density at radius 3 is 2.34 bits per heavy atom. The van der Waals surface area contributed by atoms with Gasteiger partial charge in [-0.1, -0.05) is 29.3 Å². The van der Waals surface area contributed by atoms with Gasteiger partial charge in [0.1, 0.15) is 10.2 Å². The Kier molecular flexibility index (Phi) is 7.35. The van der Waals surface area contributed by atoms with Crippen molar-refractivity contribution in [3.63, 3.8) is 0 Å². The maximum Gasteiger partial charge on any atom is 0.389 e. The molecule has 1 N–H and O–H groups in total. The second-order valence-corrected chi connectivity index (χ2v) is 9.64. The molecule has 1 aliphatic rings. The lowest BCUT2D eigenvalue weighted by Crippen LogP contribution is -2.17. The third-order valence-corrected chi connectivity index (χ3v) is 6.60. The number of benzene rings is 2. The van der Waals surface area contributed by atoms with E-state index in [1.54, 1.807) is 0 Å². The Morgan fingerprint density at radius 1 is 1.03 bits per heavy atom. The predicted octanol–water partition coefficient (Wildman–Crippen LogP) is 7.57. The molecule has 32 heavy (non-hydrogen) atoms. The molecule has 1 saturated carbocycles. The van der Waals surface area contributed by atoms with Crippen LogP contribution in [0.3, 0.4) is 0 Å². The van der Waals surface area contributed by atoms with E-state index in [9.17, 15) is 27.2 Å². The van der Waals surface area contributed by atoms with Gasteiger partial charge >= 0.3 is 6.18 Å². The van der Waals surface area contributed by atoms with Crippen molar-refractivity contribution in [2.75, 3.05) is 5.32 Å². The fourth-order valence-corrected chi connectivity index (χ4v) is 4.63. The van der Waals surface area contributed by atoms with Crippen molar-refractivity contribution in [1.29, 1.82) is 0 Å². The quantitative estimate of drug-likeness (QED) is 0.228. The summed E-state index contributed by atoms with van der Waals surface area (Å²) in [6.45, 7) is 0. The summed E-state index contributed by atoms with van der Waals surface area (Å²) in [6, 6.07) is 7.99. The van der Waals surface area contributed by atoms with Crippen LogP contribution in [0.15, 0.2) is 36.4 Å². The van der Waals surface area contributed by atoms with Crippen LogP contribution in [-0.4, -0.2) is 22.2 Å². The maximum atomic E-state index is 13.4. The average molecular weight is 531 g/mol. The lowest BCUT2D eigenvalue weighted by Gasteiger charge is -2.10. The third-order valence-electron chi connectivity index (χ3n) is 5.04. The number of carbonyl (C=O) groups is 2. The van der Waals surface area contributed by atoms with Gasteiger partial charge in [-0.05, 0) is 42.3 Å². The zero-order valence-corrected chi connectivity index (χ0v) is 19.1. The number of hydrogen-bond acceptors (Lipinski definition) is 2. The van der Waals surface area contributed by atoms with Gasteiger partial charge in [0.25, 0.3) is 0 Å². The van der Waals surface area contributed by atoms with Crippen LogP contribution in [0.1, 0.15) is 41.1 Å². The van der Waals surface area contributed by atoms with E-state index >= 15 is 0 Å². The number of anilines is 1. The molecule has 0 bridgehead atoms. The number of hydrogen-bond donors (Lipinski definition) is 1. The van der Waals surface area contributed by atoms with Gasteiger partial charge in [0.2, 0.25) is 5.91 Å². The minimum atomic E-state index is -4.36. The van der Waals surface area contributed by atoms with E-state index in [4.69, 9.17) is 46.4 Å². The van der Waals surface area contributed by atoms with Crippen LogP contribution in [0, 0.1) is 11.7 Å². The summed E-state index contributed by atoms with van der Waals surface area (Å²) < 4.78 is 48.9. The minimum Gasteiger partial charge on any atom is -0.326 e. The van der Waals surface area contributed by atoms with E-state index < -0.39 is 46.3 Å². The number of ketones is 1. The van der Waals surface area contributed by atoms with Crippen molar-refractivity contribution in [1.82, 2.24) is 0 Å². The highest BCUT2D eigenvalue weighted by Gasteiger charge is 2.67. The number of nitrogens with one attached hydrogen (secondary N) is 1. The van der Waals surface area contributed by atoms with Crippen LogP contribution in [0.5, 0.6) is 0 Å². The highest BCUT2D eigenvalue weighted by Crippen LogP contribution is 2.65. The Bertz CT molecular complexity index is 1060. The van der Waals surface area contributed by atoms with Gasteiger partial charge in [-0.2, -0.15) is 13.2 Å². The van der Waals surface area contributed by atoms with Crippen molar-refractivity contribution in [3.05, 3.63) is 63.4 Å². The molecule has 172 valence electrons. The monoisotopic (exact) mass is 529 g/mol. The van der Waals surface area contributed by atoms with E-state index in [0.29, 0.717) is 5.56 Å². The van der Waals surface area contributed by atoms with Crippen LogP contribution >= 0.6 is 46.4 Å². The van der Waals surface area contributed by atoms with Gasteiger partial charge in [-0.25, -0.2) is 4.39 Å². The molecular weight excluding hydrogens is 516 g/mol. The van der Waals surface area contributed by atoms with Crippen LogP contribution < -0.4 is 5.32 Å². The lowest BCUT2D eigenvalue weighted by molar-refractivity contribution is -0.135. The topological polar surface area (TPSA) is 46.2 Å². The first-order valence-electron chi connectivity index (χ1n) is 9.34. The maximum absolute atomic E-state index is 13.4. The second kappa shape index (κ2) is 9.37. The van der Waals surface area contributed by atoms with Gasteiger partial charge in [0.05, 0.1) is 16.0 Å². The molecule has 2 aromatic rings. The van der Waals surface area contributed by atoms with Crippen LogP contribution in [0.4, 0.5) is 23.2 Å². The number of alkyl halides is 5. The molecule has 1 amide bonds. The summed E-state index contributed by atoms with van der Waals surface area (Å²) in [5.74, 6) is -3.28. The first-order valence-corrected chi connectivity index (χ1v) is 10.9. The van der Waals surface area contributed by atoms with Crippen molar-refractivity contribution >= 4 is 63.8 Å². The fraction of sp³-hybridized carbons (Fsp3) is 0.333. The summed E-state index contributed by atoms with van der Waals surface area (Å²) in [6.07, 6.45) is -6.17. The van der Waals surface area contributed by atoms with Crippen molar-refractivity contribution in [2.45, 2.75) is 35.7 Å². The number of amides is 1. The SMILES string of the molecule is O=C(CCCC(F)(F)F)c1cc(NC(=O)C2C(c3ccc(F)c(Cl)c3)C2(Cl)Cl)ccc1Cl. The van der Waals surface area contributed by atoms with Gasteiger partial charge in [0, 0.05) is 30.0 Å². The van der Waals surface area contributed by atoms with E-state index in [1.165, 1.54) is 30.3 Å². The Hall–Kier alpha value is -1.54. The fourth-order valence-electron chi connectivity index (χ4n) is 3.39. The standard InChI is InChI=1S/C21H15Cl4F4NO2/c22-13-5-4-11(9-12(13)16(31)2-1-7-20(27,28)29)30-19(32)18-17(21(18,24)25)10-3-6-15(26)14(23)8-10/h3-6,8-9,17-18H,1-2,7H2,(H,30,32). The Balaban J connectivity index is 1.70. The molecule has 0 saturated heterocycles. The third kappa shape index (κ3) is 5.68. The van der Waals surface area contributed by atoms with E-state index in [0.717, 1.165) is 6.07 Å². The molecule has 2 aromatic carbocycles. The molecule has 2 atom stereocenters. The molecule has 1 aliphatic carbocycles. The number of halogens is 8. The van der Waals surface area contributed by atoms with E-state index in [-0.39, 0.29) is 34.1 Å². The summed E-state index contributed by atoms with van der Waals surface area (Å²) in [5, 5.41) is 2.50. The number of carbonyl (C=O) groups excluding carboxylic acids is 2. The zero-order chi connectivity index (χ0) is 23.8. The number of rotatable bonds is 7. The molecule has 1 fully saturated rings. The molecule has 0 aliphatic heterocycles. The lowest BCUT2D eigenvalue weighted by atomic mass is 10.0. The molecule has 3 nitrogen and oxygen atoms in total. The van der Waals surface area contributed by atoms with Crippen molar-refractivity contribution in [3.8, 4) is 0 Å². The second-order valence-electron chi connectivity index (χ2n) is 7.38. The molecule has 0 heterocycles. The van der Waals surface area contributed by atoms with Crippen LogP contribution in [0.2, 0.25) is 10.0 Å². The van der Waals surface area contributed by atoms with Gasteiger partial charge in [-0.3, -0.25) is 9.59 Å². The summed E-state index contributed by atoms with van der Waals surface area (Å²) in [4.78, 5) is 25.0. The average Bonchev–Trinajstić information content (AvgIpc) is 3.26. The highest BCUT2D eigenvalue weighted by atomic mass is 35.5. The first-order chi connectivity index (χ1) is 14.8. The molecule has 2 unspecified atom stereocenters. The molecule has 0 aromatic heterocycles. The van der Waals surface area contributed by atoms with Crippen LogP contribution in [0.25, 0.3) is 0 Å². The minimum absolute atomic E-state index is 0.00712. The Labute approximate surface area is 201 Å². The smallest absolute Gasteiger partial charge is 0.326 e. The van der Waals surface area contributed by atoms with Gasteiger partial charge in [0.15, 0.2) is 5.78 Å². The summed E-state index contributed by atoms with van der Waals surface area (Å²) in [7, 11) is 0.